The Hall–Kier alpha value is -1.83. The SMILES string of the molecule is O=S(=O)(Cc1ccc(F)cc1)NC(c1cccnc1)C1CCOCC1. The smallest absolute Gasteiger partial charge is 0.216 e. The van der Waals surface area contributed by atoms with Crippen molar-refractivity contribution < 1.29 is 17.5 Å². The summed E-state index contributed by atoms with van der Waals surface area (Å²) in [5.74, 6) is -0.418. The Bertz CT molecular complexity index is 776. The molecular formula is C18H21FN2O3S. The van der Waals surface area contributed by atoms with Crippen LogP contribution in [0.4, 0.5) is 4.39 Å². The predicted octanol–water partition coefficient (Wildman–Crippen LogP) is 2.81. The maximum Gasteiger partial charge on any atom is 0.216 e. The van der Waals surface area contributed by atoms with E-state index < -0.39 is 10.0 Å². The first-order valence-electron chi connectivity index (χ1n) is 8.25. The zero-order valence-electron chi connectivity index (χ0n) is 13.8. The second kappa shape index (κ2) is 8.03. The zero-order chi connectivity index (χ0) is 17.7. The van der Waals surface area contributed by atoms with Gasteiger partial charge in [-0.2, -0.15) is 0 Å². The van der Waals surface area contributed by atoms with Crippen molar-refractivity contribution in [3.05, 3.63) is 65.7 Å². The van der Waals surface area contributed by atoms with Crippen LogP contribution in [0.5, 0.6) is 0 Å². The summed E-state index contributed by atoms with van der Waals surface area (Å²) < 4.78 is 46.5. The van der Waals surface area contributed by atoms with Gasteiger partial charge in [0.05, 0.1) is 11.8 Å². The summed E-state index contributed by atoms with van der Waals surface area (Å²) in [7, 11) is -3.59. The number of aromatic nitrogens is 1. The summed E-state index contributed by atoms with van der Waals surface area (Å²) in [4.78, 5) is 4.12. The number of pyridine rings is 1. The largest absolute Gasteiger partial charge is 0.381 e. The van der Waals surface area contributed by atoms with E-state index in [2.05, 4.69) is 9.71 Å². The minimum Gasteiger partial charge on any atom is -0.381 e. The van der Waals surface area contributed by atoms with Gasteiger partial charge in [0.15, 0.2) is 0 Å². The van der Waals surface area contributed by atoms with E-state index in [9.17, 15) is 12.8 Å². The lowest BCUT2D eigenvalue weighted by Gasteiger charge is -2.31. The highest BCUT2D eigenvalue weighted by atomic mass is 32.2. The first kappa shape index (κ1) is 18.0. The predicted molar refractivity (Wildman–Crippen MR) is 92.7 cm³/mol. The number of halogens is 1. The minimum absolute atomic E-state index is 0.154. The molecule has 0 saturated carbocycles. The highest BCUT2D eigenvalue weighted by molar-refractivity contribution is 7.88. The monoisotopic (exact) mass is 364 g/mol. The molecule has 2 heterocycles. The minimum atomic E-state index is -3.59. The number of nitrogens with one attached hydrogen (secondary N) is 1. The Morgan fingerprint density at radius 1 is 1.20 bits per heavy atom. The van der Waals surface area contributed by atoms with Crippen molar-refractivity contribution in [3.63, 3.8) is 0 Å². The second-order valence-corrected chi connectivity index (χ2v) is 7.97. The van der Waals surface area contributed by atoms with E-state index in [-0.39, 0.29) is 23.5 Å². The Kier molecular flexibility index (Phi) is 5.78. The molecular weight excluding hydrogens is 343 g/mol. The van der Waals surface area contributed by atoms with Gasteiger partial charge in [0.1, 0.15) is 5.82 Å². The lowest BCUT2D eigenvalue weighted by molar-refractivity contribution is 0.0564. The summed E-state index contributed by atoms with van der Waals surface area (Å²) in [6.07, 6.45) is 4.94. The molecule has 5 nitrogen and oxygen atoms in total. The number of hydrogen-bond donors (Lipinski definition) is 1. The molecule has 1 aliphatic rings. The van der Waals surface area contributed by atoms with Crippen molar-refractivity contribution in [3.8, 4) is 0 Å². The van der Waals surface area contributed by atoms with Crippen LogP contribution in [-0.2, 0) is 20.5 Å². The Labute approximate surface area is 147 Å². The Morgan fingerprint density at radius 2 is 1.92 bits per heavy atom. The van der Waals surface area contributed by atoms with Crippen LogP contribution in [0.2, 0.25) is 0 Å². The lowest BCUT2D eigenvalue weighted by Crippen LogP contribution is -2.36. The molecule has 1 saturated heterocycles. The molecule has 3 rings (SSSR count). The first-order valence-corrected chi connectivity index (χ1v) is 9.91. The molecule has 134 valence electrons. The topological polar surface area (TPSA) is 68.3 Å². The molecule has 7 heteroatoms. The van der Waals surface area contributed by atoms with E-state index in [1.54, 1.807) is 18.5 Å². The Morgan fingerprint density at radius 3 is 2.56 bits per heavy atom. The maximum absolute atomic E-state index is 13.0. The van der Waals surface area contributed by atoms with Gasteiger partial charge in [-0.25, -0.2) is 17.5 Å². The molecule has 25 heavy (non-hydrogen) atoms. The van der Waals surface area contributed by atoms with Crippen LogP contribution in [0, 0.1) is 11.7 Å². The highest BCUT2D eigenvalue weighted by Gasteiger charge is 2.29. The molecule has 1 unspecified atom stereocenters. The van der Waals surface area contributed by atoms with Gasteiger partial charge in [0.2, 0.25) is 10.0 Å². The van der Waals surface area contributed by atoms with Crippen molar-refractivity contribution >= 4 is 10.0 Å². The van der Waals surface area contributed by atoms with Crippen molar-refractivity contribution in [2.45, 2.75) is 24.6 Å². The molecule has 0 amide bonds. The summed E-state index contributed by atoms with van der Waals surface area (Å²) >= 11 is 0. The molecule has 2 aromatic rings. The van der Waals surface area contributed by atoms with Gasteiger partial charge in [0.25, 0.3) is 0 Å². The van der Waals surface area contributed by atoms with Crippen LogP contribution in [0.25, 0.3) is 0 Å². The van der Waals surface area contributed by atoms with E-state index in [1.165, 1.54) is 24.3 Å². The summed E-state index contributed by atoms with van der Waals surface area (Å²) in [6, 6.07) is 8.85. The van der Waals surface area contributed by atoms with Crippen LogP contribution >= 0.6 is 0 Å². The van der Waals surface area contributed by atoms with Crippen LogP contribution in [0.1, 0.15) is 30.0 Å². The van der Waals surface area contributed by atoms with Gasteiger partial charge in [-0.05, 0) is 48.1 Å². The fraction of sp³-hybridized carbons (Fsp3) is 0.389. The molecule has 1 atom stereocenters. The lowest BCUT2D eigenvalue weighted by atomic mass is 9.88. The van der Waals surface area contributed by atoms with Gasteiger partial charge >= 0.3 is 0 Å². The number of benzene rings is 1. The molecule has 0 bridgehead atoms. The van der Waals surface area contributed by atoms with Crippen LogP contribution in [0.3, 0.4) is 0 Å². The van der Waals surface area contributed by atoms with E-state index >= 15 is 0 Å². The third-order valence-electron chi connectivity index (χ3n) is 4.36. The van der Waals surface area contributed by atoms with E-state index in [0.29, 0.717) is 18.8 Å². The van der Waals surface area contributed by atoms with Crippen molar-refractivity contribution in [2.75, 3.05) is 13.2 Å². The summed E-state index contributed by atoms with van der Waals surface area (Å²) in [5, 5.41) is 0. The second-order valence-electron chi connectivity index (χ2n) is 6.22. The van der Waals surface area contributed by atoms with Gasteiger partial charge < -0.3 is 4.74 Å². The molecule has 1 aliphatic heterocycles. The van der Waals surface area contributed by atoms with Gasteiger partial charge in [-0.3, -0.25) is 4.98 Å². The summed E-state index contributed by atoms with van der Waals surface area (Å²) in [6.45, 7) is 1.25. The molecule has 1 fully saturated rings. The highest BCUT2D eigenvalue weighted by Crippen LogP contribution is 2.30. The van der Waals surface area contributed by atoms with Crippen LogP contribution in [-0.4, -0.2) is 26.6 Å². The number of ether oxygens (including phenoxy) is 1. The van der Waals surface area contributed by atoms with E-state index in [4.69, 9.17) is 4.74 Å². The molecule has 0 spiro atoms. The van der Waals surface area contributed by atoms with Gasteiger partial charge in [-0.1, -0.05) is 18.2 Å². The fourth-order valence-electron chi connectivity index (χ4n) is 3.08. The molecule has 1 aromatic carbocycles. The zero-order valence-corrected chi connectivity index (χ0v) is 14.6. The van der Waals surface area contributed by atoms with Crippen molar-refractivity contribution in [1.82, 2.24) is 9.71 Å². The third kappa shape index (κ3) is 5.07. The van der Waals surface area contributed by atoms with Crippen molar-refractivity contribution in [1.29, 1.82) is 0 Å². The number of hydrogen-bond acceptors (Lipinski definition) is 4. The third-order valence-corrected chi connectivity index (χ3v) is 5.68. The van der Waals surface area contributed by atoms with Gasteiger partial charge in [-0.15, -0.1) is 0 Å². The first-order chi connectivity index (χ1) is 12.0. The fourth-order valence-corrected chi connectivity index (χ4v) is 4.51. The summed E-state index contributed by atoms with van der Waals surface area (Å²) in [5.41, 5.74) is 1.39. The standard InChI is InChI=1S/C18H21FN2O3S/c19-17-5-3-14(4-6-17)13-25(22,23)21-18(15-7-10-24-11-8-15)16-2-1-9-20-12-16/h1-6,9,12,15,18,21H,7-8,10-11,13H2. The maximum atomic E-state index is 13.0. The van der Waals surface area contributed by atoms with Crippen LogP contribution < -0.4 is 4.72 Å². The van der Waals surface area contributed by atoms with Crippen LogP contribution in [0.15, 0.2) is 48.8 Å². The molecule has 0 aliphatic carbocycles. The molecule has 1 N–H and O–H groups in total. The normalized spacial score (nSPS) is 17.3. The number of nitrogens with zero attached hydrogens (tertiary/aromatic N) is 1. The number of rotatable bonds is 6. The Balaban J connectivity index is 1.79. The molecule has 0 radical (unpaired) electrons. The van der Waals surface area contributed by atoms with Gasteiger partial charge in [0, 0.05) is 25.6 Å². The van der Waals surface area contributed by atoms with E-state index in [1.807, 2.05) is 6.07 Å². The van der Waals surface area contributed by atoms with Crippen molar-refractivity contribution in [2.24, 2.45) is 5.92 Å². The average Bonchev–Trinajstić information content (AvgIpc) is 2.63. The number of sulfonamides is 1. The van der Waals surface area contributed by atoms with E-state index in [0.717, 1.165) is 18.4 Å². The average molecular weight is 364 g/mol. The quantitative estimate of drug-likeness (QED) is 0.856. The molecule has 1 aromatic heterocycles.